The average molecular weight is 375 g/mol. The highest BCUT2D eigenvalue weighted by Crippen LogP contribution is 2.21. The van der Waals surface area contributed by atoms with E-state index >= 15 is 0 Å². The van der Waals surface area contributed by atoms with Crippen molar-refractivity contribution in [3.63, 3.8) is 0 Å². The molecule has 0 amide bonds. The zero-order valence-corrected chi connectivity index (χ0v) is 17.3. The van der Waals surface area contributed by atoms with Crippen LogP contribution in [-0.4, -0.2) is 17.7 Å². The second-order valence-corrected chi connectivity index (χ2v) is 7.41. The van der Waals surface area contributed by atoms with Crippen LogP contribution in [0.2, 0.25) is 0 Å². The van der Waals surface area contributed by atoms with Crippen LogP contribution < -0.4 is 4.74 Å². The van der Waals surface area contributed by atoms with E-state index in [0.717, 1.165) is 17.7 Å². The third-order valence-corrected chi connectivity index (χ3v) is 4.88. The number of carboxylic acid groups (broad SMARTS) is 1. The molecule has 0 spiro atoms. The molecule has 1 aromatic rings. The molecule has 3 heteroatoms. The van der Waals surface area contributed by atoms with E-state index in [4.69, 9.17) is 9.84 Å². The Morgan fingerprint density at radius 1 is 0.889 bits per heavy atom. The van der Waals surface area contributed by atoms with Gasteiger partial charge in [-0.25, -0.2) is 4.79 Å². The van der Waals surface area contributed by atoms with Crippen molar-refractivity contribution < 1.29 is 14.6 Å². The van der Waals surface area contributed by atoms with E-state index in [0.29, 0.717) is 12.2 Å². The SMILES string of the molecule is CCCCCCCCCCCCCCOc1ccccc1/C=C(\C)C(=O)O. The first-order chi connectivity index (χ1) is 13.1. The average Bonchev–Trinajstić information content (AvgIpc) is 2.66. The van der Waals surface area contributed by atoms with Crippen LogP contribution in [0, 0.1) is 0 Å². The van der Waals surface area contributed by atoms with E-state index in [1.807, 2.05) is 24.3 Å². The number of benzene rings is 1. The van der Waals surface area contributed by atoms with Crippen LogP contribution in [0.4, 0.5) is 0 Å². The minimum atomic E-state index is -0.897. The number of carbonyl (C=O) groups is 1. The molecule has 1 N–H and O–H groups in total. The van der Waals surface area contributed by atoms with Crippen LogP contribution in [0.5, 0.6) is 5.75 Å². The second kappa shape index (κ2) is 15.3. The largest absolute Gasteiger partial charge is 0.493 e. The molecule has 0 aromatic heterocycles. The summed E-state index contributed by atoms with van der Waals surface area (Å²) in [6.07, 6.45) is 17.6. The van der Waals surface area contributed by atoms with Gasteiger partial charge in [-0.15, -0.1) is 0 Å². The van der Waals surface area contributed by atoms with Crippen molar-refractivity contribution in [2.24, 2.45) is 0 Å². The lowest BCUT2D eigenvalue weighted by Crippen LogP contribution is -2.00. The van der Waals surface area contributed by atoms with Gasteiger partial charge in [-0.2, -0.15) is 0 Å². The molecular weight excluding hydrogens is 336 g/mol. The van der Waals surface area contributed by atoms with Crippen molar-refractivity contribution in [1.82, 2.24) is 0 Å². The Morgan fingerprint density at radius 3 is 1.96 bits per heavy atom. The maximum Gasteiger partial charge on any atom is 0.331 e. The first kappa shape index (κ1) is 23.3. The number of hydrogen-bond acceptors (Lipinski definition) is 2. The molecule has 0 saturated heterocycles. The number of hydrogen-bond donors (Lipinski definition) is 1. The summed E-state index contributed by atoms with van der Waals surface area (Å²) in [7, 11) is 0. The molecule has 0 aliphatic rings. The maximum absolute atomic E-state index is 11.0. The van der Waals surface area contributed by atoms with Crippen LogP contribution in [0.1, 0.15) is 96.5 Å². The van der Waals surface area contributed by atoms with Crippen LogP contribution in [0.3, 0.4) is 0 Å². The molecule has 0 radical (unpaired) electrons. The van der Waals surface area contributed by atoms with Gasteiger partial charge in [0.15, 0.2) is 0 Å². The fraction of sp³-hybridized carbons (Fsp3) is 0.625. The van der Waals surface area contributed by atoms with Crippen molar-refractivity contribution in [3.8, 4) is 5.75 Å². The van der Waals surface area contributed by atoms with E-state index in [1.165, 1.54) is 70.6 Å². The molecule has 27 heavy (non-hydrogen) atoms. The summed E-state index contributed by atoms with van der Waals surface area (Å²) in [5.74, 6) is -0.132. The maximum atomic E-state index is 11.0. The Morgan fingerprint density at radius 2 is 1.41 bits per heavy atom. The van der Waals surface area contributed by atoms with Gasteiger partial charge in [0.25, 0.3) is 0 Å². The lowest BCUT2D eigenvalue weighted by atomic mass is 10.1. The molecule has 0 bridgehead atoms. The standard InChI is InChI=1S/C24H38O3/c1-3-4-5-6-7-8-9-10-11-12-13-16-19-27-23-18-15-14-17-22(23)20-21(2)24(25)26/h14-15,17-18,20H,3-13,16,19H2,1-2H3,(H,25,26)/b21-20+. The van der Waals surface area contributed by atoms with Gasteiger partial charge < -0.3 is 9.84 Å². The quantitative estimate of drug-likeness (QED) is 0.245. The monoisotopic (exact) mass is 374 g/mol. The summed E-state index contributed by atoms with van der Waals surface area (Å²) in [6.45, 7) is 4.56. The van der Waals surface area contributed by atoms with Crippen LogP contribution in [0.15, 0.2) is 29.8 Å². The predicted octanol–water partition coefficient (Wildman–Crippen LogP) is 7.25. The minimum absolute atomic E-state index is 0.316. The molecule has 152 valence electrons. The summed E-state index contributed by atoms with van der Waals surface area (Å²) in [5, 5.41) is 9.02. The summed E-state index contributed by atoms with van der Waals surface area (Å²) >= 11 is 0. The normalized spacial score (nSPS) is 11.6. The van der Waals surface area contributed by atoms with Crippen LogP contribution in [0.25, 0.3) is 6.08 Å². The van der Waals surface area contributed by atoms with Crippen LogP contribution in [-0.2, 0) is 4.79 Å². The fourth-order valence-corrected chi connectivity index (χ4v) is 3.15. The molecular formula is C24H38O3. The molecule has 0 atom stereocenters. The van der Waals surface area contributed by atoms with Gasteiger partial charge >= 0.3 is 5.97 Å². The van der Waals surface area contributed by atoms with E-state index in [2.05, 4.69) is 6.92 Å². The summed E-state index contributed by atoms with van der Waals surface area (Å²) in [4.78, 5) is 11.0. The highest BCUT2D eigenvalue weighted by atomic mass is 16.5. The van der Waals surface area contributed by atoms with Gasteiger partial charge in [-0.1, -0.05) is 95.8 Å². The summed E-state index contributed by atoms with van der Waals surface area (Å²) in [5.41, 5.74) is 1.15. The lowest BCUT2D eigenvalue weighted by molar-refractivity contribution is -0.132. The Kier molecular flexibility index (Phi) is 13.2. The fourth-order valence-electron chi connectivity index (χ4n) is 3.15. The topological polar surface area (TPSA) is 46.5 Å². The van der Waals surface area contributed by atoms with Crippen molar-refractivity contribution in [1.29, 1.82) is 0 Å². The zero-order valence-electron chi connectivity index (χ0n) is 17.3. The van der Waals surface area contributed by atoms with Gasteiger partial charge in [0, 0.05) is 11.1 Å². The first-order valence-electron chi connectivity index (χ1n) is 10.8. The van der Waals surface area contributed by atoms with E-state index in [1.54, 1.807) is 13.0 Å². The Hall–Kier alpha value is -1.77. The number of unbranched alkanes of at least 4 members (excludes halogenated alkanes) is 11. The van der Waals surface area contributed by atoms with Crippen molar-refractivity contribution in [3.05, 3.63) is 35.4 Å². The van der Waals surface area contributed by atoms with E-state index < -0.39 is 5.97 Å². The lowest BCUT2D eigenvalue weighted by Gasteiger charge is -2.09. The minimum Gasteiger partial charge on any atom is -0.493 e. The number of para-hydroxylation sites is 1. The van der Waals surface area contributed by atoms with Gasteiger partial charge in [-0.05, 0) is 25.5 Å². The van der Waals surface area contributed by atoms with E-state index in [9.17, 15) is 4.79 Å². The van der Waals surface area contributed by atoms with Crippen LogP contribution >= 0.6 is 0 Å². The molecule has 0 saturated carbocycles. The Balaban J connectivity index is 2.09. The number of aliphatic carboxylic acids is 1. The van der Waals surface area contributed by atoms with Crippen molar-refractivity contribution in [2.75, 3.05) is 6.61 Å². The first-order valence-corrected chi connectivity index (χ1v) is 10.8. The van der Waals surface area contributed by atoms with Gasteiger partial charge in [0.2, 0.25) is 0 Å². The number of rotatable bonds is 16. The highest BCUT2D eigenvalue weighted by Gasteiger charge is 2.04. The molecule has 0 heterocycles. The Bertz CT molecular complexity index is 548. The molecule has 1 rings (SSSR count). The van der Waals surface area contributed by atoms with Gasteiger partial charge in [0.05, 0.1) is 6.61 Å². The number of ether oxygens (including phenoxy) is 1. The molecule has 3 nitrogen and oxygen atoms in total. The van der Waals surface area contributed by atoms with Gasteiger partial charge in [-0.3, -0.25) is 0 Å². The molecule has 0 aliphatic heterocycles. The molecule has 1 aromatic carbocycles. The molecule has 0 fully saturated rings. The van der Waals surface area contributed by atoms with Crippen molar-refractivity contribution >= 4 is 12.0 Å². The Labute approximate surface area is 165 Å². The summed E-state index contributed by atoms with van der Waals surface area (Å²) < 4.78 is 5.87. The van der Waals surface area contributed by atoms with Crippen molar-refractivity contribution in [2.45, 2.75) is 90.9 Å². The predicted molar refractivity (Wildman–Crippen MR) is 114 cm³/mol. The smallest absolute Gasteiger partial charge is 0.331 e. The number of carboxylic acids is 1. The highest BCUT2D eigenvalue weighted by molar-refractivity contribution is 5.91. The molecule has 0 unspecified atom stereocenters. The summed E-state index contributed by atoms with van der Waals surface area (Å²) in [6, 6.07) is 7.62. The molecule has 0 aliphatic carbocycles. The third-order valence-electron chi connectivity index (χ3n) is 4.88. The third kappa shape index (κ3) is 11.5. The zero-order chi connectivity index (χ0) is 19.7. The van der Waals surface area contributed by atoms with Gasteiger partial charge in [0.1, 0.15) is 5.75 Å². The van der Waals surface area contributed by atoms with E-state index in [-0.39, 0.29) is 0 Å². The second-order valence-electron chi connectivity index (χ2n) is 7.41.